The Morgan fingerprint density at radius 1 is 1.10 bits per heavy atom. The minimum Gasteiger partial charge on any atom is -0.465 e. The Bertz CT molecular complexity index is 1170. The topological polar surface area (TPSA) is 125 Å². The molecule has 1 aromatic rings. The molecule has 1 saturated carbocycles. The number of amides is 3. The average Bonchev–Trinajstić information content (AvgIpc) is 3.55. The summed E-state index contributed by atoms with van der Waals surface area (Å²) in [6, 6.07) is 1.82. The SMILES string of the molecule is C=Cc1c(C2CCN(C(=O)OC)C2)ccc2c1CN(C(=O)O)C2C(=O)[C@@H](NC(=O)OC(C)(C)C)C1CCCCC1. The smallest absolute Gasteiger partial charge is 0.409 e. The van der Waals surface area contributed by atoms with Crippen molar-refractivity contribution in [1.82, 2.24) is 15.1 Å². The third kappa shape index (κ3) is 6.10. The summed E-state index contributed by atoms with van der Waals surface area (Å²) >= 11 is 0. The minimum absolute atomic E-state index is 0.0352. The molecule has 0 radical (unpaired) electrons. The molecule has 2 fully saturated rings. The van der Waals surface area contributed by atoms with Crippen molar-refractivity contribution in [1.29, 1.82) is 0 Å². The van der Waals surface area contributed by atoms with Crippen LogP contribution in [-0.4, -0.2) is 70.8 Å². The highest BCUT2D eigenvalue weighted by Gasteiger charge is 2.45. The fraction of sp³-hybridized carbons (Fsp3) is 0.600. The van der Waals surface area contributed by atoms with Crippen molar-refractivity contribution in [3.05, 3.63) is 41.0 Å². The van der Waals surface area contributed by atoms with Gasteiger partial charge in [0.05, 0.1) is 19.7 Å². The molecule has 0 aromatic heterocycles. The first kappa shape index (κ1) is 29.4. The normalized spacial score (nSPS) is 21.9. The molecule has 2 heterocycles. The van der Waals surface area contributed by atoms with Gasteiger partial charge < -0.3 is 24.8 Å². The number of alkyl carbamates (subject to hydrolysis) is 1. The number of rotatable bonds is 6. The van der Waals surface area contributed by atoms with Crippen LogP contribution in [0.4, 0.5) is 14.4 Å². The second kappa shape index (κ2) is 11.9. The number of benzene rings is 1. The van der Waals surface area contributed by atoms with E-state index in [4.69, 9.17) is 9.47 Å². The third-order valence-electron chi connectivity index (χ3n) is 8.24. The van der Waals surface area contributed by atoms with Crippen LogP contribution >= 0.6 is 0 Å². The highest BCUT2D eigenvalue weighted by molar-refractivity contribution is 5.96. The molecule has 2 aliphatic heterocycles. The lowest BCUT2D eigenvalue weighted by molar-refractivity contribution is -0.127. The molecule has 3 atom stereocenters. The molecule has 218 valence electrons. The Morgan fingerprint density at radius 3 is 2.38 bits per heavy atom. The fourth-order valence-electron chi connectivity index (χ4n) is 6.45. The summed E-state index contributed by atoms with van der Waals surface area (Å²) in [6.45, 7) is 10.4. The van der Waals surface area contributed by atoms with Crippen molar-refractivity contribution in [3.8, 4) is 0 Å². The van der Waals surface area contributed by atoms with Gasteiger partial charge in [-0.2, -0.15) is 0 Å². The lowest BCUT2D eigenvalue weighted by Gasteiger charge is -2.34. The third-order valence-corrected chi connectivity index (χ3v) is 8.24. The number of likely N-dealkylation sites (tertiary alicyclic amines) is 1. The van der Waals surface area contributed by atoms with E-state index in [2.05, 4.69) is 11.9 Å². The fourth-order valence-corrected chi connectivity index (χ4v) is 6.45. The van der Waals surface area contributed by atoms with Crippen molar-refractivity contribution < 1.29 is 33.8 Å². The molecular weight excluding hydrogens is 514 g/mol. The van der Waals surface area contributed by atoms with Gasteiger partial charge in [-0.25, -0.2) is 14.4 Å². The second-order valence-corrected chi connectivity index (χ2v) is 12.0. The zero-order valence-electron chi connectivity index (χ0n) is 23.9. The van der Waals surface area contributed by atoms with E-state index in [-0.39, 0.29) is 30.3 Å². The van der Waals surface area contributed by atoms with Crippen LogP contribution in [0.5, 0.6) is 0 Å². The minimum atomic E-state index is -1.21. The van der Waals surface area contributed by atoms with Crippen LogP contribution in [-0.2, 0) is 20.8 Å². The molecule has 1 aliphatic carbocycles. The van der Waals surface area contributed by atoms with Gasteiger partial charge in [0.2, 0.25) is 0 Å². The summed E-state index contributed by atoms with van der Waals surface area (Å²) in [6.07, 6.45) is 4.68. The lowest BCUT2D eigenvalue weighted by Crippen LogP contribution is -2.51. The van der Waals surface area contributed by atoms with Crippen LogP contribution < -0.4 is 5.32 Å². The Hall–Kier alpha value is -3.56. The van der Waals surface area contributed by atoms with Gasteiger partial charge in [-0.15, -0.1) is 0 Å². The molecule has 0 bridgehead atoms. The largest absolute Gasteiger partial charge is 0.465 e. The first-order valence-electron chi connectivity index (χ1n) is 14.1. The summed E-state index contributed by atoms with van der Waals surface area (Å²) in [5.41, 5.74) is 2.38. The molecular formula is C30H41N3O7. The van der Waals surface area contributed by atoms with E-state index in [0.717, 1.165) is 60.1 Å². The predicted octanol–water partition coefficient (Wildman–Crippen LogP) is 5.46. The number of hydrogen-bond acceptors (Lipinski definition) is 6. The number of methoxy groups -OCH3 is 1. The van der Waals surface area contributed by atoms with Gasteiger partial charge in [0.1, 0.15) is 11.6 Å². The number of nitrogens with one attached hydrogen (secondary N) is 1. The monoisotopic (exact) mass is 555 g/mol. The van der Waals surface area contributed by atoms with E-state index in [1.807, 2.05) is 12.1 Å². The molecule has 1 saturated heterocycles. The van der Waals surface area contributed by atoms with Crippen LogP contribution in [0, 0.1) is 5.92 Å². The van der Waals surface area contributed by atoms with Gasteiger partial charge in [-0.05, 0) is 68.2 Å². The van der Waals surface area contributed by atoms with E-state index in [0.29, 0.717) is 18.7 Å². The number of hydrogen-bond donors (Lipinski definition) is 2. The molecule has 10 nitrogen and oxygen atoms in total. The van der Waals surface area contributed by atoms with Crippen molar-refractivity contribution in [2.24, 2.45) is 5.92 Å². The first-order valence-corrected chi connectivity index (χ1v) is 14.1. The Morgan fingerprint density at radius 2 is 1.77 bits per heavy atom. The molecule has 2 N–H and O–H groups in total. The van der Waals surface area contributed by atoms with Gasteiger partial charge in [0, 0.05) is 19.0 Å². The summed E-state index contributed by atoms with van der Waals surface area (Å²) < 4.78 is 10.4. The summed E-state index contributed by atoms with van der Waals surface area (Å²) in [4.78, 5) is 54.4. The van der Waals surface area contributed by atoms with Crippen molar-refractivity contribution >= 4 is 30.1 Å². The zero-order chi connectivity index (χ0) is 29.2. The van der Waals surface area contributed by atoms with Crippen LogP contribution in [0.15, 0.2) is 18.7 Å². The maximum Gasteiger partial charge on any atom is 0.409 e. The molecule has 4 rings (SSSR count). The van der Waals surface area contributed by atoms with Crippen molar-refractivity contribution in [2.75, 3.05) is 20.2 Å². The summed E-state index contributed by atoms with van der Waals surface area (Å²) in [7, 11) is 1.36. The van der Waals surface area contributed by atoms with E-state index < -0.39 is 29.9 Å². The van der Waals surface area contributed by atoms with Gasteiger partial charge in [-0.3, -0.25) is 9.69 Å². The van der Waals surface area contributed by atoms with Crippen LogP contribution in [0.25, 0.3) is 6.08 Å². The van der Waals surface area contributed by atoms with Gasteiger partial charge >= 0.3 is 18.3 Å². The zero-order valence-corrected chi connectivity index (χ0v) is 23.9. The number of fused-ring (bicyclic) bond motifs is 1. The molecule has 40 heavy (non-hydrogen) atoms. The number of carboxylic acid groups (broad SMARTS) is 1. The number of carbonyl (C=O) groups is 4. The summed E-state index contributed by atoms with van der Waals surface area (Å²) in [5.74, 6) is -0.414. The van der Waals surface area contributed by atoms with Crippen LogP contribution in [0.2, 0.25) is 0 Å². The molecule has 0 spiro atoms. The van der Waals surface area contributed by atoms with Gasteiger partial charge in [-0.1, -0.05) is 44.1 Å². The summed E-state index contributed by atoms with van der Waals surface area (Å²) in [5, 5.41) is 13.0. The standard InChI is InChI=1S/C30H41N3O7/c1-6-20-21(19-14-15-32(16-19)29(38)39-5)12-13-22-23(20)17-33(28(36)37)25(22)26(34)24(18-10-8-7-9-11-18)31-27(35)40-30(2,3)4/h6,12-13,18-19,24-25H,1,7-11,14-17H2,2-5H3,(H,31,35)(H,36,37)/t19?,24-,25?/m0/s1. The predicted molar refractivity (Wildman–Crippen MR) is 149 cm³/mol. The van der Waals surface area contributed by atoms with Crippen LogP contribution in [0.3, 0.4) is 0 Å². The van der Waals surface area contributed by atoms with E-state index in [9.17, 15) is 24.3 Å². The second-order valence-electron chi connectivity index (χ2n) is 12.0. The Kier molecular flexibility index (Phi) is 8.75. The highest BCUT2D eigenvalue weighted by atomic mass is 16.6. The van der Waals surface area contributed by atoms with Gasteiger partial charge in [0.25, 0.3) is 0 Å². The first-order chi connectivity index (χ1) is 18.9. The van der Waals surface area contributed by atoms with Crippen molar-refractivity contribution in [3.63, 3.8) is 0 Å². The van der Waals surface area contributed by atoms with E-state index >= 15 is 0 Å². The molecule has 10 heteroatoms. The van der Waals surface area contributed by atoms with E-state index in [1.54, 1.807) is 31.7 Å². The number of ether oxygens (including phenoxy) is 2. The highest BCUT2D eigenvalue weighted by Crippen LogP contribution is 2.43. The number of ketones is 1. The molecule has 1 aromatic carbocycles. The average molecular weight is 556 g/mol. The number of nitrogens with zero attached hydrogens (tertiary/aromatic N) is 2. The number of Topliss-reactive ketones (excluding diaryl/α,β-unsaturated/α-hetero) is 1. The van der Waals surface area contributed by atoms with E-state index in [1.165, 1.54) is 7.11 Å². The lowest BCUT2D eigenvalue weighted by atomic mass is 9.79. The number of carbonyl (C=O) groups excluding carboxylic acids is 3. The quantitative estimate of drug-likeness (QED) is 0.477. The Labute approximate surface area is 235 Å². The molecule has 3 aliphatic rings. The molecule has 2 unspecified atom stereocenters. The van der Waals surface area contributed by atoms with Gasteiger partial charge in [0.15, 0.2) is 5.78 Å². The Balaban J connectivity index is 1.69. The molecule has 3 amide bonds. The van der Waals surface area contributed by atoms with Crippen molar-refractivity contribution in [2.45, 2.75) is 89.4 Å². The maximum absolute atomic E-state index is 14.3. The van der Waals surface area contributed by atoms with Crippen LogP contribution in [0.1, 0.15) is 93.5 Å². The maximum atomic E-state index is 14.3.